The van der Waals surface area contributed by atoms with E-state index in [1.165, 1.54) is 10.4 Å². The minimum atomic E-state index is -3.63. The second-order valence-electron chi connectivity index (χ2n) is 7.86. The van der Waals surface area contributed by atoms with Crippen LogP contribution >= 0.6 is 0 Å². The van der Waals surface area contributed by atoms with Gasteiger partial charge in [0.25, 0.3) is 5.69 Å². The summed E-state index contributed by atoms with van der Waals surface area (Å²) in [5, 5.41) is 11.8. The van der Waals surface area contributed by atoms with Crippen LogP contribution in [0.25, 0.3) is 0 Å². The van der Waals surface area contributed by atoms with E-state index in [4.69, 9.17) is 0 Å². The highest BCUT2D eigenvalue weighted by Gasteiger charge is 2.31. The molecule has 0 saturated carbocycles. The first-order valence-corrected chi connectivity index (χ1v) is 11.9. The number of nitro benzene ring substituents is 1. The maximum atomic E-state index is 12.9. The number of anilines is 1. The molecule has 0 aromatic heterocycles. The minimum absolute atomic E-state index is 0.174. The Hall–Kier alpha value is -3.56. The Bertz CT molecular complexity index is 1280. The first kappa shape index (κ1) is 22.6. The van der Waals surface area contributed by atoms with Crippen LogP contribution in [0.4, 0.5) is 11.4 Å². The van der Waals surface area contributed by atoms with E-state index in [9.17, 15) is 23.3 Å². The molecule has 1 aliphatic rings. The molecule has 1 aliphatic heterocycles. The summed E-state index contributed by atoms with van der Waals surface area (Å²) in [5.74, 6) is -0.292. The molecule has 1 saturated heterocycles. The quantitative estimate of drug-likeness (QED) is 0.313. The van der Waals surface area contributed by atoms with Crippen molar-refractivity contribution in [1.82, 2.24) is 4.31 Å². The third-order valence-electron chi connectivity index (χ3n) is 5.71. The zero-order valence-electron chi connectivity index (χ0n) is 18.0. The molecule has 9 heteroatoms. The van der Waals surface area contributed by atoms with Crippen molar-refractivity contribution in [1.29, 1.82) is 0 Å². The summed E-state index contributed by atoms with van der Waals surface area (Å²) in [4.78, 5) is 26.0. The number of aryl methyl sites for hydroxylation is 1. The monoisotopic (exact) mass is 465 g/mol. The van der Waals surface area contributed by atoms with Gasteiger partial charge in [0.15, 0.2) is 5.78 Å². The average Bonchev–Trinajstić information content (AvgIpc) is 2.84. The third-order valence-corrected chi connectivity index (χ3v) is 7.62. The molecule has 0 amide bonds. The molecule has 0 radical (unpaired) electrons. The molecule has 170 valence electrons. The second-order valence-corrected chi connectivity index (χ2v) is 9.80. The van der Waals surface area contributed by atoms with Gasteiger partial charge in [0.2, 0.25) is 10.0 Å². The number of nitro groups is 1. The zero-order chi connectivity index (χ0) is 23.6. The molecule has 0 N–H and O–H groups in total. The van der Waals surface area contributed by atoms with Gasteiger partial charge < -0.3 is 4.90 Å². The van der Waals surface area contributed by atoms with Gasteiger partial charge in [-0.1, -0.05) is 48.0 Å². The van der Waals surface area contributed by atoms with Crippen LogP contribution in [0.3, 0.4) is 0 Å². The molecule has 3 aromatic carbocycles. The molecule has 0 bridgehead atoms. The number of carbonyl (C=O) groups excluding carboxylic acids is 1. The fourth-order valence-corrected chi connectivity index (χ4v) is 5.29. The summed E-state index contributed by atoms with van der Waals surface area (Å²) in [6, 6.07) is 19.7. The molecule has 1 fully saturated rings. The number of benzene rings is 3. The molecule has 8 nitrogen and oxygen atoms in total. The molecule has 4 rings (SSSR count). The van der Waals surface area contributed by atoms with Gasteiger partial charge in [0.05, 0.1) is 9.82 Å². The van der Waals surface area contributed by atoms with Gasteiger partial charge in [0, 0.05) is 43.4 Å². The highest BCUT2D eigenvalue weighted by atomic mass is 32.2. The molecular formula is C24H23N3O5S. The fraction of sp³-hybridized carbons (Fsp3) is 0.208. The van der Waals surface area contributed by atoms with Crippen molar-refractivity contribution >= 4 is 27.2 Å². The van der Waals surface area contributed by atoms with Crippen LogP contribution < -0.4 is 4.90 Å². The summed E-state index contributed by atoms with van der Waals surface area (Å²) in [6.07, 6.45) is 0. The Labute approximate surface area is 192 Å². The summed E-state index contributed by atoms with van der Waals surface area (Å²) >= 11 is 0. The van der Waals surface area contributed by atoms with Crippen molar-refractivity contribution < 1.29 is 18.1 Å². The van der Waals surface area contributed by atoms with Gasteiger partial charge >= 0.3 is 0 Å². The van der Waals surface area contributed by atoms with Gasteiger partial charge in [-0.3, -0.25) is 14.9 Å². The molecule has 0 aliphatic carbocycles. The molecule has 0 atom stereocenters. The van der Waals surface area contributed by atoms with Crippen LogP contribution in [0.5, 0.6) is 0 Å². The number of carbonyl (C=O) groups is 1. The number of rotatable bonds is 6. The Balaban J connectivity index is 1.54. The minimum Gasteiger partial charge on any atom is -0.363 e. The van der Waals surface area contributed by atoms with Gasteiger partial charge in [0.1, 0.15) is 5.69 Å². The standard InChI is InChI=1S/C24H23N3O5S/c1-18-7-10-21(11-8-18)33(31,32)26-15-13-25(14-16-26)22-12-9-20(17-23(22)27(29)30)24(28)19-5-3-2-4-6-19/h2-12,17H,13-16H2,1H3. The van der Waals surface area contributed by atoms with E-state index in [0.29, 0.717) is 24.3 Å². The Morgan fingerprint density at radius 1 is 0.879 bits per heavy atom. The highest BCUT2D eigenvalue weighted by molar-refractivity contribution is 7.89. The first-order chi connectivity index (χ1) is 15.8. The van der Waals surface area contributed by atoms with Gasteiger partial charge in [-0.05, 0) is 31.2 Å². The SMILES string of the molecule is Cc1ccc(S(=O)(=O)N2CCN(c3ccc(C(=O)c4ccccc4)cc3[N+](=O)[O-])CC2)cc1. The summed E-state index contributed by atoms with van der Waals surface area (Å²) in [5.41, 5.74) is 1.86. The molecular weight excluding hydrogens is 442 g/mol. The van der Waals surface area contributed by atoms with Crippen LogP contribution in [0, 0.1) is 17.0 Å². The van der Waals surface area contributed by atoms with E-state index < -0.39 is 14.9 Å². The van der Waals surface area contributed by atoms with E-state index in [-0.39, 0.29) is 35.0 Å². The first-order valence-electron chi connectivity index (χ1n) is 10.5. The fourth-order valence-electron chi connectivity index (χ4n) is 3.86. The highest BCUT2D eigenvalue weighted by Crippen LogP contribution is 2.31. The summed E-state index contributed by atoms with van der Waals surface area (Å²) < 4.78 is 27.3. The molecule has 33 heavy (non-hydrogen) atoms. The lowest BCUT2D eigenvalue weighted by Crippen LogP contribution is -2.48. The predicted molar refractivity (Wildman–Crippen MR) is 125 cm³/mol. The van der Waals surface area contributed by atoms with Crippen molar-refractivity contribution in [3.63, 3.8) is 0 Å². The van der Waals surface area contributed by atoms with Crippen LogP contribution in [-0.2, 0) is 10.0 Å². The maximum Gasteiger partial charge on any atom is 0.293 e. The van der Waals surface area contributed by atoms with Crippen molar-refractivity contribution in [3.8, 4) is 0 Å². The van der Waals surface area contributed by atoms with Crippen LogP contribution in [0.2, 0.25) is 0 Å². The van der Waals surface area contributed by atoms with E-state index in [1.807, 2.05) is 6.92 Å². The normalized spacial score (nSPS) is 14.8. The molecule has 0 spiro atoms. The summed E-state index contributed by atoms with van der Waals surface area (Å²) in [6.45, 7) is 2.91. The van der Waals surface area contributed by atoms with E-state index >= 15 is 0 Å². The largest absolute Gasteiger partial charge is 0.363 e. The van der Waals surface area contributed by atoms with Crippen LogP contribution in [0.1, 0.15) is 21.5 Å². The number of piperazine rings is 1. The van der Waals surface area contributed by atoms with Crippen molar-refractivity contribution in [3.05, 3.63) is 99.6 Å². The Morgan fingerprint density at radius 2 is 1.52 bits per heavy atom. The molecule has 1 heterocycles. The van der Waals surface area contributed by atoms with Crippen molar-refractivity contribution in [2.75, 3.05) is 31.1 Å². The van der Waals surface area contributed by atoms with Crippen LogP contribution in [0.15, 0.2) is 77.7 Å². The summed E-state index contributed by atoms with van der Waals surface area (Å²) in [7, 11) is -3.63. The van der Waals surface area contributed by atoms with E-state index in [1.54, 1.807) is 71.6 Å². The van der Waals surface area contributed by atoms with Gasteiger partial charge in [-0.15, -0.1) is 0 Å². The molecule has 3 aromatic rings. The maximum absolute atomic E-state index is 12.9. The van der Waals surface area contributed by atoms with Crippen LogP contribution in [-0.4, -0.2) is 49.6 Å². The lowest BCUT2D eigenvalue weighted by molar-refractivity contribution is -0.384. The van der Waals surface area contributed by atoms with E-state index in [2.05, 4.69) is 0 Å². The van der Waals surface area contributed by atoms with Crippen molar-refractivity contribution in [2.24, 2.45) is 0 Å². The number of hydrogen-bond donors (Lipinski definition) is 0. The average molecular weight is 466 g/mol. The number of ketones is 1. The lowest BCUT2D eigenvalue weighted by Gasteiger charge is -2.35. The number of hydrogen-bond acceptors (Lipinski definition) is 6. The van der Waals surface area contributed by atoms with Gasteiger partial charge in [-0.2, -0.15) is 4.31 Å². The second kappa shape index (κ2) is 9.13. The lowest BCUT2D eigenvalue weighted by atomic mass is 10.0. The van der Waals surface area contributed by atoms with Crippen molar-refractivity contribution in [2.45, 2.75) is 11.8 Å². The van der Waals surface area contributed by atoms with Gasteiger partial charge in [-0.25, -0.2) is 8.42 Å². The smallest absolute Gasteiger partial charge is 0.293 e. The molecule has 0 unspecified atom stereocenters. The number of sulfonamides is 1. The predicted octanol–water partition coefficient (Wildman–Crippen LogP) is 3.65. The van der Waals surface area contributed by atoms with E-state index in [0.717, 1.165) is 5.56 Å². The number of nitrogens with zero attached hydrogens (tertiary/aromatic N) is 3. The zero-order valence-corrected chi connectivity index (χ0v) is 18.9. The Kier molecular flexibility index (Phi) is 6.26. The Morgan fingerprint density at radius 3 is 2.12 bits per heavy atom. The topological polar surface area (TPSA) is 101 Å². The third kappa shape index (κ3) is 4.64.